The summed E-state index contributed by atoms with van der Waals surface area (Å²) >= 11 is 7.71. The third kappa shape index (κ3) is 4.11. The molecule has 2 rings (SSSR count). The lowest BCUT2D eigenvalue weighted by atomic mass is 10.4. The predicted octanol–water partition coefficient (Wildman–Crippen LogP) is 4.41. The summed E-state index contributed by atoms with van der Waals surface area (Å²) in [4.78, 5) is 9.80. The number of nitrogens with zero attached hydrogens (tertiary/aromatic N) is 2. The van der Waals surface area contributed by atoms with Crippen molar-refractivity contribution in [3.8, 4) is 0 Å². The monoisotopic (exact) mass is 293 g/mol. The first kappa shape index (κ1) is 14.2. The Bertz CT molecular complexity index is 560. The van der Waals surface area contributed by atoms with Gasteiger partial charge in [-0.3, -0.25) is 0 Å². The molecule has 0 fully saturated rings. The van der Waals surface area contributed by atoms with Gasteiger partial charge in [-0.1, -0.05) is 42.4 Å². The Morgan fingerprint density at radius 3 is 2.79 bits per heavy atom. The molecule has 1 heterocycles. The van der Waals surface area contributed by atoms with E-state index in [2.05, 4.69) is 22.2 Å². The minimum atomic E-state index is 0.742. The summed E-state index contributed by atoms with van der Waals surface area (Å²) in [5.74, 6) is 1.62. The summed E-state index contributed by atoms with van der Waals surface area (Å²) in [6.45, 7) is 4.93. The maximum absolute atomic E-state index is 6.16. The summed E-state index contributed by atoms with van der Waals surface area (Å²) < 4.78 is 0. The fourth-order valence-corrected chi connectivity index (χ4v) is 2.71. The largest absolute Gasteiger partial charge is 0.370 e. The highest BCUT2D eigenvalue weighted by molar-refractivity contribution is 7.99. The lowest BCUT2D eigenvalue weighted by Gasteiger charge is -2.08. The zero-order valence-electron chi connectivity index (χ0n) is 11.0. The van der Waals surface area contributed by atoms with Crippen molar-refractivity contribution in [3.63, 3.8) is 0 Å². The van der Waals surface area contributed by atoms with Crippen molar-refractivity contribution in [2.24, 2.45) is 0 Å². The van der Waals surface area contributed by atoms with E-state index in [1.807, 2.05) is 37.3 Å². The van der Waals surface area contributed by atoms with Gasteiger partial charge in [0.15, 0.2) is 0 Å². The molecule has 0 aliphatic carbocycles. The molecule has 0 unspecified atom stereocenters. The Hall–Kier alpha value is -1.26. The maximum atomic E-state index is 6.16. The molecule has 1 N–H and O–H groups in total. The van der Waals surface area contributed by atoms with Gasteiger partial charge >= 0.3 is 0 Å². The molecule has 0 saturated heterocycles. The minimum Gasteiger partial charge on any atom is -0.370 e. The molecule has 19 heavy (non-hydrogen) atoms. The van der Waals surface area contributed by atoms with Crippen LogP contribution in [0.25, 0.3) is 0 Å². The molecule has 0 saturated carbocycles. The molecule has 0 radical (unpaired) electrons. The van der Waals surface area contributed by atoms with Crippen molar-refractivity contribution in [3.05, 3.63) is 41.2 Å². The number of hydrogen-bond donors (Lipinski definition) is 1. The number of benzene rings is 1. The summed E-state index contributed by atoms with van der Waals surface area (Å²) in [5, 5.41) is 4.92. The van der Waals surface area contributed by atoms with Crippen LogP contribution in [-0.4, -0.2) is 16.5 Å². The molecule has 0 bridgehead atoms. The molecule has 0 aliphatic heterocycles. The first-order valence-electron chi connectivity index (χ1n) is 6.21. The Labute approximate surface area is 122 Å². The van der Waals surface area contributed by atoms with Crippen molar-refractivity contribution in [1.82, 2.24) is 9.97 Å². The standard InChI is InChI=1S/C14H16ClN3S/c1-3-8-16-13-9-14(18-10(2)17-13)19-12-7-5-4-6-11(12)15/h4-7,9H,3,8H2,1-2H3,(H,16,17,18). The fraction of sp³-hybridized carbons (Fsp3) is 0.286. The van der Waals surface area contributed by atoms with Crippen LogP contribution in [0, 0.1) is 6.92 Å². The summed E-state index contributed by atoms with van der Waals surface area (Å²) in [5.41, 5.74) is 0. The van der Waals surface area contributed by atoms with E-state index in [4.69, 9.17) is 11.6 Å². The van der Waals surface area contributed by atoms with Gasteiger partial charge in [0.25, 0.3) is 0 Å². The van der Waals surface area contributed by atoms with Crippen molar-refractivity contribution in [2.75, 3.05) is 11.9 Å². The van der Waals surface area contributed by atoms with Crippen LogP contribution in [0.4, 0.5) is 5.82 Å². The average molecular weight is 294 g/mol. The molecule has 3 nitrogen and oxygen atoms in total. The van der Waals surface area contributed by atoms with Gasteiger partial charge in [0, 0.05) is 17.5 Å². The minimum absolute atomic E-state index is 0.742. The van der Waals surface area contributed by atoms with E-state index in [1.54, 1.807) is 11.8 Å². The maximum Gasteiger partial charge on any atom is 0.130 e. The zero-order chi connectivity index (χ0) is 13.7. The van der Waals surface area contributed by atoms with Gasteiger partial charge in [0.05, 0.1) is 5.02 Å². The highest BCUT2D eigenvalue weighted by Gasteiger charge is 2.06. The highest BCUT2D eigenvalue weighted by atomic mass is 35.5. The van der Waals surface area contributed by atoms with Gasteiger partial charge in [0.2, 0.25) is 0 Å². The molecule has 1 aromatic carbocycles. The van der Waals surface area contributed by atoms with Crippen LogP contribution in [0.15, 0.2) is 40.3 Å². The second-order valence-electron chi connectivity index (χ2n) is 4.10. The second kappa shape index (κ2) is 6.78. The lowest BCUT2D eigenvalue weighted by Crippen LogP contribution is -2.04. The zero-order valence-corrected chi connectivity index (χ0v) is 12.6. The van der Waals surface area contributed by atoms with Crippen LogP contribution in [0.1, 0.15) is 19.2 Å². The van der Waals surface area contributed by atoms with Crippen LogP contribution >= 0.6 is 23.4 Å². The summed E-state index contributed by atoms with van der Waals surface area (Å²) in [7, 11) is 0. The number of rotatable bonds is 5. The number of aryl methyl sites for hydroxylation is 1. The fourth-order valence-electron chi connectivity index (χ4n) is 1.58. The number of nitrogens with one attached hydrogen (secondary N) is 1. The van der Waals surface area contributed by atoms with Gasteiger partial charge in [-0.05, 0) is 25.5 Å². The first-order valence-corrected chi connectivity index (χ1v) is 7.40. The van der Waals surface area contributed by atoms with Gasteiger partial charge in [-0.2, -0.15) is 0 Å². The molecule has 100 valence electrons. The quantitative estimate of drug-likeness (QED) is 0.829. The molecular formula is C14H16ClN3S. The number of aromatic nitrogens is 2. The smallest absolute Gasteiger partial charge is 0.130 e. The molecular weight excluding hydrogens is 278 g/mol. The number of halogens is 1. The van der Waals surface area contributed by atoms with Crippen molar-refractivity contribution >= 4 is 29.2 Å². The van der Waals surface area contributed by atoms with E-state index >= 15 is 0 Å². The number of anilines is 1. The van der Waals surface area contributed by atoms with E-state index < -0.39 is 0 Å². The van der Waals surface area contributed by atoms with Crippen molar-refractivity contribution < 1.29 is 0 Å². The molecule has 5 heteroatoms. The van der Waals surface area contributed by atoms with Gasteiger partial charge in [0.1, 0.15) is 16.7 Å². The SMILES string of the molecule is CCCNc1cc(Sc2ccccc2Cl)nc(C)n1. The third-order valence-electron chi connectivity index (χ3n) is 2.42. The average Bonchev–Trinajstić information content (AvgIpc) is 2.38. The third-order valence-corrected chi connectivity index (χ3v) is 3.86. The van der Waals surface area contributed by atoms with E-state index in [0.29, 0.717) is 0 Å². The summed E-state index contributed by atoms with van der Waals surface area (Å²) in [6, 6.07) is 9.72. The molecule has 0 atom stereocenters. The molecule has 0 amide bonds. The van der Waals surface area contributed by atoms with Crippen molar-refractivity contribution in [1.29, 1.82) is 0 Å². The van der Waals surface area contributed by atoms with Crippen molar-refractivity contribution in [2.45, 2.75) is 30.2 Å². The van der Waals surface area contributed by atoms with Crippen LogP contribution in [-0.2, 0) is 0 Å². The van der Waals surface area contributed by atoms with E-state index in [1.165, 1.54) is 0 Å². The highest BCUT2D eigenvalue weighted by Crippen LogP contribution is 2.32. The summed E-state index contributed by atoms with van der Waals surface area (Å²) in [6.07, 6.45) is 1.07. The number of hydrogen-bond acceptors (Lipinski definition) is 4. The van der Waals surface area contributed by atoms with Gasteiger partial charge < -0.3 is 5.32 Å². The first-order chi connectivity index (χ1) is 9.19. The Morgan fingerprint density at radius 2 is 2.05 bits per heavy atom. The van der Waals surface area contributed by atoms with Crippen LogP contribution in [0.5, 0.6) is 0 Å². The molecule has 0 aliphatic rings. The van der Waals surface area contributed by atoms with Crippen LogP contribution in [0.3, 0.4) is 0 Å². The van der Waals surface area contributed by atoms with E-state index in [0.717, 1.165) is 39.6 Å². The lowest BCUT2D eigenvalue weighted by molar-refractivity contribution is 0.928. The van der Waals surface area contributed by atoms with E-state index in [-0.39, 0.29) is 0 Å². The van der Waals surface area contributed by atoms with Gasteiger partial charge in [-0.25, -0.2) is 9.97 Å². The predicted molar refractivity (Wildman–Crippen MR) is 81.1 cm³/mol. The van der Waals surface area contributed by atoms with Gasteiger partial charge in [-0.15, -0.1) is 0 Å². The molecule has 1 aromatic heterocycles. The van der Waals surface area contributed by atoms with Crippen LogP contribution in [0.2, 0.25) is 5.02 Å². The molecule has 2 aromatic rings. The van der Waals surface area contributed by atoms with E-state index in [9.17, 15) is 0 Å². The Morgan fingerprint density at radius 1 is 1.26 bits per heavy atom. The second-order valence-corrected chi connectivity index (χ2v) is 5.57. The normalized spacial score (nSPS) is 10.5. The Kier molecular flexibility index (Phi) is 5.05. The molecule has 0 spiro atoms. The van der Waals surface area contributed by atoms with Crippen LogP contribution < -0.4 is 5.32 Å². The Balaban J connectivity index is 2.20. The topological polar surface area (TPSA) is 37.8 Å².